The van der Waals surface area contributed by atoms with Crippen molar-refractivity contribution in [1.29, 1.82) is 0 Å². The van der Waals surface area contributed by atoms with Gasteiger partial charge in [-0.25, -0.2) is 9.78 Å². The van der Waals surface area contributed by atoms with Gasteiger partial charge in [-0.3, -0.25) is 9.69 Å². The first-order valence-electron chi connectivity index (χ1n) is 12.9. The summed E-state index contributed by atoms with van der Waals surface area (Å²) in [4.78, 5) is 33.8. The Bertz CT molecular complexity index is 1280. The fraction of sp³-hybridized carbons (Fsp3) is 0.345. The first kappa shape index (κ1) is 25.4. The summed E-state index contributed by atoms with van der Waals surface area (Å²) >= 11 is 0. The van der Waals surface area contributed by atoms with Crippen LogP contribution < -0.4 is 19.7 Å². The van der Waals surface area contributed by atoms with Crippen LogP contribution in [0.15, 0.2) is 66.9 Å². The van der Waals surface area contributed by atoms with Crippen LogP contribution in [0.25, 0.3) is 0 Å². The third-order valence-corrected chi connectivity index (χ3v) is 6.89. The number of carbonyl (C=O) groups excluding carboxylic acids is 2. The standard InChI is InChI=1S/C29H32N4O5/c1-20(18-31-27-9-5-6-14-30-27)38-23-10-11-24(26(17-23)36-2)28(34)32-15-12-22(13-16-32)33-25-8-4-3-7-21(25)19-37-29(33)35/h3-11,14,17,20,22H,12-13,15-16,18-19H2,1-2H3,(H,30,31). The number of cyclic esters (lactones) is 1. The molecule has 0 spiro atoms. The number of aromatic nitrogens is 1. The number of fused-ring (bicyclic) bond motifs is 1. The zero-order chi connectivity index (χ0) is 26.5. The van der Waals surface area contributed by atoms with E-state index < -0.39 is 0 Å². The molecular formula is C29H32N4O5. The van der Waals surface area contributed by atoms with Gasteiger partial charge in [0.1, 0.15) is 30.0 Å². The predicted molar refractivity (Wildman–Crippen MR) is 144 cm³/mol. The molecule has 1 unspecified atom stereocenters. The van der Waals surface area contributed by atoms with Crippen LogP contribution in [0.5, 0.6) is 11.5 Å². The van der Waals surface area contributed by atoms with Crippen molar-refractivity contribution >= 4 is 23.5 Å². The molecule has 198 valence electrons. The predicted octanol–water partition coefficient (Wildman–Crippen LogP) is 4.73. The molecule has 1 N–H and O–H groups in total. The maximum Gasteiger partial charge on any atom is 0.414 e. The average molecular weight is 517 g/mol. The Hall–Kier alpha value is -4.27. The fourth-order valence-corrected chi connectivity index (χ4v) is 4.93. The van der Waals surface area contributed by atoms with Crippen molar-refractivity contribution in [2.45, 2.75) is 38.5 Å². The van der Waals surface area contributed by atoms with Gasteiger partial charge < -0.3 is 24.4 Å². The van der Waals surface area contributed by atoms with Crippen molar-refractivity contribution in [1.82, 2.24) is 9.88 Å². The lowest BCUT2D eigenvalue weighted by molar-refractivity contribution is 0.0705. The van der Waals surface area contributed by atoms with Gasteiger partial charge in [-0.1, -0.05) is 24.3 Å². The van der Waals surface area contributed by atoms with Gasteiger partial charge in [0, 0.05) is 37.0 Å². The largest absolute Gasteiger partial charge is 0.496 e. The van der Waals surface area contributed by atoms with E-state index in [2.05, 4.69) is 10.3 Å². The van der Waals surface area contributed by atoms with Crippen molar-refractivity contribution in [3.05, 3.63) is 78.0 Å². The van der Waals surface area contributed by atoms with Crippen LogP contribution in [-0.2, 0) is 11.3 Å². The topological polar surface area (TPSA) is 93.2 Å². The summed E-state index contributed by atoms with van der Waals surface area (Å²) in [5.41, 5.74) is 2.38. The number of para-hydroxylation sites is 1. The first-order valence-corrected chi connectivity index (χ1v) is 12.9. The summed E-state index contributed by atoms with van der Waals surface area (Å²) in [6.45, 7) is 3.90. The molecule has 9 nitrogen and oxygen atoms in total. The van der Waals surface area contributed by atoms with E-state index in [0.29, 0.717) is 56.1 Å². The molecule has 3 heterocycles. The Labute approximate surface area is 222 Å². The highest BCUT2D eigenvalue weighted by Crippen LogP contribution is 2.33. The highest BCUT2D eigenvalue weighted by molar-refractivity contribution is 5.97. The van der Waals surface area contributed by atoms with Gasteiger partial charge >= 0.3 is 6.09 Å². The van der Waals surface area contributed by atoms with E-state index in [0.717, 1.165) is 17.1 Å². The van der Waals surface area contributed by atoms with Gasteiger partial charge in [0.05, 0.1) is 24.9 Å². The zero-order valence-corrected chi connectivity index (χ0v) is 21.6. The maximum absolute atomic E-state index is 13.4. The van der Waals surface area contributed by atoms with E-state index in [9.17, 15) is 9.59 Å². The lowest BCUT2D eigenvalue weighted by atomic mass is 10.00. The second-order valence-corrected chi connectivity index (χ2v) is 9.46. The van der Waals surface area contributed by atoms with Crippen LogP contribution >= 0.6 is 0 Å². The van der Waals surface area contributed by atoms with Crippen LogP contribution in [0.3, 0.4) is 0 Å². The molecule has 1 atom stereocenters. The summed E-state index contributed by atoms with van der Waals surface area (Å²) in [5.74, 6) is 1.77. The Morgan fingerprint density at radius 3 is 2.68 bits per heavy atom. The number of hydrogen-bond acceptors (Lipinski definition) is 7. The summed E-state index contributed by atoms with van der Waals surface area (Å²) in [7, 11) is 1.55. The molecule has 0 aliphatic carbocycles. The first-order chi connectivity index (χ1) is 18.5. The minimum atomic E-state index is -0.324. The molecule has 2 aromatic carbocycles. The number of hydrogen-bond donors (Lipinski definition) is 1. The summed E-state index contributed by atoms with van der Waals surface area (Å²) in [6, 6.07) is 18.8. The summed E-state index contributed by atoms with van der Waals surface area (Å²) in [6.07, 6.45) is 2.61. The van der Waals surface area contributed by atoms with Crippen molar-refractivity contribution in [3.8, 4) is 11.5 Å². The number of nitrogens with one attached hydrogen (secondary N) is 1. The van der Waals surface area contributed by atoms with Crippen molar-refractivity contribution in [3.63, 3.8) is 0 Å². The zero-order valence-electron chi connectivity index (χ0n) is 21.6. The Balaban J connectivity index is 1.20. The highest BCUT2D eigenvalue weighted by Gasteiger charge is 2.35. The molecule has 1 fully saturated rings. The molecule has 0 radical (unpaired) electrons. The van der Waals surface area contributed by atoms with E-state index in [-0.39, 0.29) is 24.1 Å². The smallest absolute Gasteiger partial charge is 0.414 e. The second-order valence-electron chi connectivity index (χ2n) is 9.46. The summed E-state index contributed by atoms with van der Waals surface area (Å²) < 4.78 is 17.0. The van der Waals surface area contributed by atoms with Crippen molar-refractivity contribution < 1.29 is 23.8 Å². The van der Waals surface area contributed by atoms with E-state index in [1.807, 2.05) is 54.3 Å². The molecule has 9 heteroatoms. The number of anilines is 2. The number of amides is 2. The van der Waals surface area contributed by atoms with Crippen LogP contribution in [0.4, 0.5) is 16.3 Å². The lowest BCUT2D eigenvalue weighted by Gasteiger charge is -2.40. The van der Waals surface area contributed by atoms with Crippen LogP contribution in [0, 0.1) is 0 Å². The lowest BCUT2D eigenvalue weighted by Crippen LogP contribution is -2.50. The molecule has 1 saturated heterocycles. The van der Waals surface area contributed by atoms with Gasteiger partial charge in [0.25, 0.3) is 5.91 Å². The maximum atomic E-state index is 13.4. The minimum Gasteiger partial charge on any atom is -0.496 e. The van der Waals surface area contributed by atoms with E-state index in [1.54, 1.807) is 36.4 Å². The van der Waals surface area contributed by atoms with Crippen LogP contribution in [0.2, 0.25) is 0 Å². The Morgan fingerprint density at radius 2 is 1.92 bits per heavy atom. The monoisotopic (exact) mass is 516 g/mol. The number of benzene rings is 2. The molecule has 5 rings (SSSR count). The third kappa shape index (κ3) is 5.51. The van der Waals surface area contributed by atoms with E-state index in [1.165, 1.54) is 0 Å². The van der Waals surface area contributed by atoms with E-state index >= 15 is 0 Å². The number of rotatable bonds is 8. The molecule has 2 aliphatic rings. The van der Waals surface area contributed by atoms with Gasteiger partial charge in [-0.15, -0.1) is 0 Å². The Morgan fingerprint density at radius 1 is 1.13 bits per heavy atom. The molecule has 0 bridgehead atoms. The quantitative estimate of drug-likeness (QED) is 0.463. The number of nitrogens with zero attached hydrogens (tertiary/aromatic N) is 3. The molecule has 3 aromatic rings. The van der Waals surface area contributed by atoms with Gasteiger partial charge in [-0.05, 0) is 50.1 Å². The van der Waals surface area contributed by atoms with Gasteiger partial charge in [0.2, 0.25) is 0 Å². The molecule has 0 saturated carbocycles. The number of piperidine rings is 1. The molecule has 1 aromatic heterocycles. The number of likely N-dealkylation sites (tertiary alicyclic amines) is 1. The van der Waals surface area contributed by atoms with Crippen LogP contribution in [0.1, 0.15) is 35.7 Å². The average Bonchev–Trinajstić information content (AvgIpc) is 2.96. The number of carbonyl (C=O) groups is 2. The van der Waals surface area contributed by atoms with Crippen molar-refractivity contribution in [2.75, 3.05) is 37.0 Å². The SMILES string of the molecule is COc1cc(OC(C)CNc2ccccn2)ccc1C(=O)N1CCC(N2C(=O)OCc3ccccc32)CC1. The molecule has 38 heavy (non-hydrogen) atoms. The minimum absolute atomic E-state index is 0.0214. The number of methoxy groups -OCH3 is 1. The van der Waals surface area contributed by atoms with Crippen LogP contribution in [-0.4, -0.2) is 60.8 Å². The fourth-order valence-electron chi connectivity index (χ4n) is 4.93. The van der Waals surface area contributed by atoms with Gasteiger partial charge in [0.15, 0.2) is 0 Å². The van der Waals surface area contributed by atoms with Crippen molar-refractivity contribution in [2.24, 2.45) is 0 Å². The molecular weight excluding hydrogens is 484 g/mol. The molecule has 2 aliphatic heterocycles. The number of ether oxygens (including phenoxy) is 3. The van der Waals surface area contributed by atoms with E-state index in [4.69, 9.17) is 14.2 Å². The second kappa shape index (κ2) is 11.4. The highest BCUT2D eigenvalue weighted by atomic mass is 16.6. The molecule has 2 amide bonds. The third-order valence-electron chi connectivity index (χ3n) is 6.89. The normalized spacial score (nSPS) is 16.3. The summed E-state index contributed by atoms with van der Waals surface area (Å²) in [5, 5.41) is 3.24. The Kier molecular flexibility index (Phi) is 7.62. The van der Waals surface area contributed by atoms with Gasteiger partial charge in [-0.2, -0.15) is 0 Å². The number of pyridine rings is 1.